The van der Waals surface area contributed by atoms with Gasteiger partial charge in [0.25, 0.3) is 0 Å². The summed E-state index contributed by atoms with van der Waals surface area (Å²) in [5, 5.41) is 37.4. The first-order valence-corrected chi connectivity index (χ1v) is 23.0. The molecule has 3 aliphatic rings. The summed E-state index contributed by atoms with van der Waals surface area (Å²) < 4.78 is 22.4. The molecule has 3 N–H and O–H groups in total. The number of benzene rings is 2. The van der Waals surface area contributed by atoms with Crippen LogP contribution in [0.3, 0.4) is 0 Å². The number of hydrogen-bond donors (Lipinski definition) is 3. The number of para-hydroxylation sites is 1. The molecule has 0 radical (unpaired) electrons. The van der Waals surface area contributed by atoms with Crippen LogP contribution in [0.4, 0.5) is 10.3 Å². The van der Waals surface area contributed by atoms with Gasteiger partial charge >= 0.3 is 0 Å². The Kier molecular flexibility index (Phi) is 11.1. The van der Waals surface area contributed by atoms with Crippen LogP contribution in [0.1, 0.15) is 93.1 Å². The molecule has 10 rings (SSSR count). The van der Waals surface area contributed by atoms with Crippen molar-refractivity contribution in [3.8, 4) is 38.7 Å². The molecule has 7 heterocycles. The van der Waals surface area contributed by atoms with Crippen molar-refractivity contribution in [2.24, 2.45) is 5.92 Å². The van der Waals surface area contributed by atoms with E-state index in [0.29, 0.717) is 46.8 Å². The van der Waals surface area contributed by atoms with Crippen LogP contribution in [-0.2, 0) is 9.59 Å². The van der Waals surface area contributed by atoms with Crippen LogP contribution in [0.5, 0.6) is 5.75 Å². The Morgan fingerprint density at radius 1 is 0.938 bits per heavy atom. The molecule has 7 aromatic rings. The van der Waals surface area contributed by atoms with Gasteiger partial charge in [0.05, 0.1) is 39.4 Å². The minimum Gasteiger partial charge on any atom is -0.504 e. The molecule has 0 bridgehead atoms. The maximum Gasteiger partial charge on any atom is 0.243 e. The number of aliphatic hydroxyl groups excluding tert-OH is 1. The van der Waals surface area contributed by atoms with Crippen molar-refractivity contribution in [3.63, 3.8) is 0 Å². The van der Waals surface area contributed by atoms with Gasteiger partial charge in [0.1, 0.15) is 28.9 Å². The van der Waals surface area contributed by atoms with Crippen LogP contribution in [0.15, 0.2) is 83.1 Å². The van der Waals surface area contributed by atoms with E-state index in [1.54, 1.807) is 41.9 Å². The normalized spacial score (nSPS) is 19.6. The van der Waals surface area contributed by atoms with Gasteiger partial charge in [0.15, 0.2) is 11.6 Å². The fourth-order valence-electron chi connectivity index (χ4n) is 9.43. The SMILES string of the molecule is Cc1ncsc1-c1ccc([C@H](C)NC(=O)[C@@H]2C[C@@H](O)CN2C(=O)[C@@H](c2cc(-c3cnc(N4CC[C@@H](c5cc6nnc(-c7cccc(F)c7O)cc6n5C5CC5)C4)nc3)no2)C(C)C)cc1. The molecular formula is C48H49FN10O5S. The molecule has 2 amide bonds. The van der Waals surface area contributed by atoms with Gasteiger partial charge in [-0.2, -0.15) is 0 Å². The van der Waals surface area contributed by atoms with Crippen LogP contribution in [0.25, 0.3) is 44.0 Å². The maximum absolute atomic E-state index is 14.3. The molecular weight excluding hydrogens is 848 g/mol. The first-order valence-electron chi connectivity index (χ1n) is 22.1. The molecule has 65 heavy (non-hydrogen) atoms. The number of thiazole rings is 1. The topological polar surface area (TPSA) is 189 Å². The van der Waals surface area contributed by atoms with Gasteiger partial charge < -0.3 is 34.4 Å². The predicted octanol–water partition coefficient (Wildman–Crippen LogP) is 7.73. The first kappa shape index (κ1) is 42.4. The Balaban J connectivity index is 0.808. The van der Waals surface area contributed by atoms with E-state index in [1.807, 2.05) is 63.5 Å². The Labute approximate surface area is 378 Å². The van der Waals surface area contributed by atoms with E-state index in [0.717, 1.165) is 64.2 Å². The lowest BCUT2D eigenvalue weighted by Crippen LogP contribution is -2.48. The number of β-amino-alcohol motifs (C(OH)–C–C–N with tert-alkyl or cyclic N) is 1. The highest BCUT2D eigenvalue weighted by Gasteiger charge is 2.44. The number of aromatic nitrogens is 7. The zero-order chi connectivity index (χ0) is 45.1. The maximum atomic E-state index is 14.3. The number of carbonyl (C=O) groups is 2. The smallest absolute Gasteiger partial charge is 0.243 e. The highest BCUT2D eigenvalue weighted by atomic mass is 32.1. The molecule has 5 aromatic heterocycles. The van der Waals surface area contributed by atoms with Crippen LogP contribution in [0, 0.1) is 18.7 Å². The molecule has 2 saturated heterocycles. The molecule has 1 aliphatic carbocycles. The summed E-state index contributed by atoms with van der Waals surface area (Å²) in [7, 11) is 0. The zero-order valence-corrected chi connectivity index (χ0v) is 37.2. The minimum absolute atomic E-state index is 0.0326. The van der Waals surface area contributed by atoms with E-state index >= 15 is 0 Å². The van der Waals surface area contributed by atoms with Gasteiger partial charge in [-0.3, -0.25) is 9.59 Å². The quantitative estimate of drug-likeness (QED) is 0.109. The number of rotatable bonds is 12. The van der Waals surface area contributed by atoms with Gasteiger partial charge in [0, 0.05) is 73.3 Å². The van der Waals surface area contributed by atoms with E-state index in [9.17, 15) is 24.2 Å². The van der Waals surface area contributed by atoms with Gasteiger partial charge in [-0.1, -0.05) is 49.3 Å². The summed E-state index contributed by atoms with van der Waals surface area (Å²) in [4.78, 5) is 46.7. The van der Waals surface area contributed by atoms with Crippen molar-refractivity contribution in [2.75, 3.05) is 24.5 Å². The lowest BCUT2D eigenvalue weighted by Gasteiger charge is -2.29. The van der Waals surface area contributed by atoms with Crippen molar-refractivity contribution in [1.82, 2.24) is 45.1 Å². The number of likely N-dealkylation sites (tertiary alicyclic amines) is 1. The zero-order valence-electron chi connectivity index (χ0n) is 36.4. The highest BCUT2D eigenvalue weighted by Crippen LogP contribution is 2.44. The molecule has 0 unspecified atom stereocenters. The standard InChI is InChI=1S/C48H49FN10O5S/c1-25(2)43(47(63)58-23-33(60)16-41(58)46(62)53-26(3)28-8-10-29(11-9-28)45-27(4)52-24-65-45)42-19-36(56-64-42)31-20-50-48(51-21-31)57-15-14-30(22-57)39-18-38-40(59(39)32-12-13-32)17-37(54-55-38)34-6-5-7-35(49)44(34)61/h5-11,17-21,24-26,30,32-33,41,43,60-61H,12-16,22-23H2,1-4H3,(H,53,62)/t26-,30+,33+,41-,43+/m0/s1. The molecule has 17 heteroatoms. The third-order valence-electron chi connectivity index (χ3n) is 13.0. The Hall–Kier alpha value is -6.59. The average molecular weight is 897 g/mol. The monoisotopic (exact) mass is 896 g/mol. The average Bonchev–Trinajstić information content (AvgIpc) is 3.81. The van der Waals surface area contributed by atoms with Crippen LogP contribution in [0.2, 0.25) is 0 Å². The number of aromatic hydroxyl groups is 1. The minimum atomic E-state index is -0.852. The first-order chi connectivity index (χ1) is 31.4. The lowest BCUT2D eigenvalue weighted by atomic mass is 9.91. The number of anilines is 1. The lowest BCUT2D eigenvalue weighted by molar-refractivity contribution is -0.141. The van der Waals surface area contributed by atoms with E-state index in [-0.39, 0.29) is 42.7 Å². The largest absolute Gasteiger partial charge is 0.504 e. The van der Waals surface area contributed by atoms with Crippen molar-refractivity contribution < 1.29 is 28.7 Å². The van der Waals surface area contributed by atoms with Crippen molar-refractivity contribution in [2.45, 2.75) is 89.4 Å². The number of amides is 2. The summed E-state index contributed by atoms with van der Waals surface area (Å²) >= 11 is 1.58. The summed E-state index contributed by atoms with van der Waals surface area (Å²) in [6, 6.07) is 17.3. The number of nitrogens with one attached hydrogen (secondary N) is 1. The van der Waals surface area contributed by atoms with Crippen molar-refractivity contribution >= 4 is 40.1 Å². The molecule has 334 valence electrons. The Bertz CT molecular complexity index is 2890. The number of aryl methyl sites for hydroxylation is 1. The van der Waals surface area contributed by atoms with Crippen LogP contribution in [-0.4, -0.2) is 93.6 Å². The van der Waals surface area contributed by atoms with Gasteiger partial charge in [0.2, 0.25) is 17.8 Å². The summed E-state index contributed by atoms with van der Waals surface area (Å²) in [5.74, 6) is -1.62. The second kappa shape index (κ2) is 17.1. The Morgan fingerprint density at radius 2 is 1.72 bits per heavy atom. The van der Waals surface area contributed by atoms with Gasteiger partial charge in [-0.25, -0.2) is 19.3 Å². The summed E-state index contributed by atoms with van der Waals surface area (Å²) in [6.45, 7) is 9.20. The van der Waals surface area contributed by atoms with Gasteiger partial charge in [-0.05, 0) is 74.4 Å². The number of nitrogens with zero attached hydrogens (tertiary/aromatic N) is 9. The van der Waals surface area contributed by atoms with E-state index in [2.05, 4.69) is 41.2 Å². The molecule has 2 aliphatic heterocycles. The number of aliphatic hydroxyl groups is 1. The predicted molar refractivity (Wildman–Crippen MR) is 243 cm³/mol. The van der Waals surface area contributed by atoms with Crippen molar-refractivity contribution in [1.29, 1.82) is 0 Å². The number of halogens is 1. The van der Waals surface area contributed by atoms with Crippen LogP contribution < -0.4 is 10.2 Å². The number of phenolic OH excluding ortho intramolecular Hbond substituents is 1. The fraction of sp³-hybridized carbons (Fsp3) is 0.375. The number of fused-ring (bicyclic) bond motifs is 1. The van der Waals surface area contributed by atoms with E-state index in [4.69, 9.17) is 14.5 Å². The number of carbonyl (C=O) groups excluding carboxylic acids is 2. The van der Waals surface area contributed by atoms with Crippen molar-refractivity contribution in [3.05, 3.63) is 107 Å². The number of phenols is 1. The second-order valence-electron chi connectivity index (χ2n) is 17.9. The molecule has 0 spiro atoms. The third-order valence-corrected chi connectivity index (χ3v) is 14.0. The molecule has 15 nitrogen and oxygen atoms in total. The Morgan fingerprint density at radius 3 is 2.45 bits per heavy atom. The summed E-state index contributed by atoms with van der Waals surface area (Å²) in [5.41, 5.74) is 9.43. The highest BCUT2D eigenvalue weighted by molar-refractivity contribution is 7.13. The molecule has 5 atom stereocenters. The second-order valence-corrected chi connectivity index (χ2v) is 18.7. The van der Waals surface area contributed by atoms with Gasteiger partial charge in [-0.15, -0.1) is 21.5 Å². The van der Waals surface area contributed by atoms with Crippen LogP contribution >= 0.6 is 11.3 Å². The molecule has 1 saturated carbocycles. The number of hydrogen-bond acceptors (Lipinski definition) is 13. The molecule has 3 fully saturated rings. The third kappa shape index (κ3) is 8.11. The van der Waals surface area contributed by atoms with E-state index in [1.165, 1.54) is 11.0 Å². The fourth-order valence-corrected chi connectivity index (χ4v) is 10.2. The summed E-state index contributed by atoms with van der Waals surface area (Å²) in [6.07, 6.45) is 5.69. The molecule has 2 aromatic carbocycles. The van der Waals surface area contributed by atoms with E-state index < -0.39 is 29.6 Å².